The van der Waals surface area contributed by atoms with Gasteiger partial charge in [0.2, 0.25) is 5.91 Å². The van der Waals surface area contributed by atoms with E-state index in [-0.39, 0.29) is 0 Å². The van der Waals surface area contributed by atoms with Gasteiger partial charge in [-0.1, -0.05) is 0 Å². The fourth-order valence-electron chi connectivity index (χ4n) is 1.12. The molecular weight excluding hydrogens is 236 g/mol. The number of hydrogen-bond acceptors (Lipinski definition) is 4. The Bertz CT molecular complexity index is 465. The van der Waals surface area contributed by atoms with E-state index in [1.807, 2.05) is 0 Å². The maximum Gasteiger partial charge on any atom is 0.295 e. The van der Waals surface area contributed by atoms with Gasteiger partial charge in [-0.3, -0.25) is 14.9 Å². The monoisotopic (exact) mass is 245 g/mol. The molecule has 0 aliphatic carbocycles. The molecule has 92 valence electrons. The predicted octanol–water partition coefficient (Wildman–Crippen LogP) is 1.03. The Morgan fingerprint density at radius 1 is 1.47 bits per heavy atom. The zero-order valence-electron chi connectivity index (χ0n) is 8.79. The lowest BCUT2D eigenvalue weighted by atomic mass is 10.2. The van der Waals surface area contributed by atoms with Crippen molar-refractivity contribution in [2.75, 3.05) is 18.9 Å². The molecule has 0 fully saturated rings. The summed E-state index contributed by atoms with van der Waals surface area (Å²) in [6.45, 7) is -0.391. The van der Waals surface area contributed by atoms with E-state index < -0.39 is 40.4 Å². The molecule has 0 saturated carbocycles. The number of carbonyl (C=O) groups excluding carboxylic acids is 1. The number of hydrogen-bond donors (Lipinski definition) is 2. The molecule has 0 aliphatic rings. The Hall–Kier alpha value is -2.25. The summed E-state index contributed by atoms with van der Waals surface area (Å²) in [5, 5.41) is 15.0. The minimum Gasteiger partial charge on any atom is -0.368 e. The van der Waals surface area contributed by atoms with Crippen LogP contribution in [0.15, 0.2) is 12.1 Å². The van der Waals surface area contributed by atoms with Crippen molar-refractivity contribution in [1.29, 1.82) is 0 Å². The summed E-state index contributed by atoms with van der Waals surface area (Å²) in [6.07, 6.45) is 0. The number of benzene rings is 1. The molecule has 0 unspecified atom stereocenters. The number of anilines is 1. The lowest BCUT2D eigenvalue weighted by molar-refractivity contribution is -0.384. The van der Waals surface area contributed by atoms with Gasteiger partial charge in [0.25, 0.3) is 5.69 Å². The van der Waals surface area contributed by atoms with Crippen LogP contribution in [0.4, 0.5) is 20.2 Å². The van der Waals surface area contributed by atoms with E-state index in [1.54, 1.807) is 0 Å². The van der Waals surface area contributed by atoms with Crippen molar-refractivity contribution >= 4 is 17.3 Å². The van der Waals surface area contributed by atoms with Crippen molar-refractivity contribution in [3.63, 3.8) is 0 Å². The minimum atomic E-state index is -1.39. The van der Waals surface area contributed by atoms with Crippen LogP contribution < -0.4 is 10.6 Å². The molecule has 0 bridgehead atoms. The summed E-state index contributed by atoms with van der Waals surface area (Å²) in [4.78, 5) is 20.6. The second-order valence-electron chi connectivity index (χ2n) is 3.04. The van der Waals surface area contributed by atoms with E-state index in [2.05, 4.69) is 10.6 Å². The highest BCUT2D eigenvalue weighted by molar-refractivity contribution is 5.81. The van der Waals surface area contributed by atoms with E-state index in [0.717, 1.165) is 6.07 Å². The normalized spacial score (nSPS) is 9.82. The van der Waals surface area contributed by atoms with Crippen molar-refractivity contribution in [3.05, 3.63) is 33.9 Å². The molecule has 6 nitrogen and oxygen atoms in total. The molecule has 0 heterocycles. The van der Waals surface area contributed by atoms with Crippen molar-refractivity contribution in [1.82, 2.24) is 5.32 Å². The number of nitro benzene ring substituents is 1. The van der Waals surface area contributed by atoms with Gasteiger partial charge in [0.1, 0.15) is 0 Å². The van der Waals surface area contributed by atoms with Crippen molar-refractivity contribution in [2.45, 2.75) is 0 Å². The SMILES string of the molecule is CNC(=O)CNc1c([N+](=O)[O-])ccc(F)c1F. The first-order valence-electron chi connectivity index (χ1n) is 4.54. The minimum absolute atomic E-state index is 0.391. The third-order valence-corrected chi connectivity index (χ3v) is 1.97. The highest BCUT2D eigenvalue weighted by atomic mass is 19.2. The lowest BCUT2D eigenvalue weighted by Gasteiger charge is -2.07. The van der Waals surface area contributed by atoms with Crippen molar-refractivity contribution in [2.24, 2.45) is 0 Å². The van der Waals surface area contributed by atoms with Gasteiger partial charge < -0.3 is 10.6 Å². The number of carbonyl (C=O) groups is 1. The number of nitro groups is 1. The van der Waals surface area contributed by atoms with Crippen LogP contribution in [0.2, 0.25) is 0 Å². The first kappa shape index (κ1) is 12.8. The molecule has 0 spiro atoms. The number of nitrogens with zero attached hydrogens (tertiary/aromatic N) is 1. The Morgan fingerprint density at radius 2 is 2.12 bits per heavy atom. The summed E-state index contributed by atoms with van der Waals surface area (Å²) in [6, 6.07) is 1.48. The zero-order valence-corrected chi connectivity index (χ0v) is 8.79. The second kappa shape index (κ2) is 5.19. The third kappa shape index (κ3) is 2.86. The fraction of sp³-hybridized carbons (Fsp3) is 0.222. The van der Waals surface area contributed by atoms with Gasteiger partial charge >= 0.3 is 0 Å². The summed E-state index contributed by atoms with van der Waals surface area (Å²) < 4.78 is 26.2. The molecule has 17 heavy (non-hydrogen) atoms. The average Bonchev–Trinajstić information content (AvgIpc) is 2.30. The summed E-state index contributed by atoms with van der Waals surface area (Å²) in [5.41, 5.74) is -1.27. The standard InChI is InChI=1S/C9H9F2N3O3/c1-12-7(15)4-13-9-6(14(16)17)3-2-5(10)8(9)11/h2-3,13H,4H2,1H3,(H,12,15). The highest BCUT2D eigenvalue weighted by Gasteiger charge is 2.21. The largest absolute Gasteiger partial charge is 0.368 e. The number of nitrogens with one attached hydrogen (secondary N) is 2. The Labute approximate surface area is 94.8 Å². The molecule has 0 radical (unpaired) electrons. The van der Waals surface area contributed by atoms with Crippen molar-refractivity contribution < 1.29 is 18.5 Å². The smallest absolute Gasteiger partial charge is 0.295 e. The highest BCUT2D eigenvalue weighted by Crippen LogP contribution is 2.28. The molecule has 0 aliphatic heterocycles. The average molecular weight is 245 g/mol. The van der Waals surface area contributed by atoms with Gasteiger partial charge in [0.05, 0.1) is 11.5 Å². The Balaban J connectivity index is 3.06. The summed E-state index contributed by atoms with van der Waals surface area (Å²) >= 11 is 0. The maximum absolute atomic E-state index is 13.3. The lowest BCUT2D eigenvalue weighted by Crippen LogP contribution is -2.26. The van der Waals surface area contributed by atoms with E-state index in [9.17, 15) is 23.7 Å². The van der Waals surface area contributed by atoms with Crippen LogP contribution in [0.3, 0.4) is 0 Å². The second-order valence-corrected chi connectivity index (χ2v) is 3.04. The Morgan fingerprint density at radius 3 is 2.65 bits per heavy atom. The molecule has 1 aromatic carbocycles. The van der Waals surface area contributed by atoms with Crippen LogP contribution in [0.1, 0.15) is 0 Å². The molecule has 0 aromatic heterocycles. The number of amides is 1. The van der Waals surface area contributed by atoms with Crippen LogP contribution in [-0.2, 0) is 4.79 Å². The van der Waals surface area contributed by atoms with Crippen LogP contribution in [-0.4, -0.2) is 24.4 Å². The summed E-state index contributed by atoms with van der Waals surface area (Å²) in [5.74, 6) is -3.12. The maximum atomic E-state index is 13.3. The topological polar surface area (TPSA) is 84.3 Å². The molecule has 0 atom stereocenters. The van der Waals surface area contributed by atoms with Crippen LogP contribution >= 0.6 is 0 Å². The number of rotatable bonds is 4. The number of likely N-dealkylation sites (N-methyl/N-ethyl adjacent to an activating group) is 1. The molecule has 1 rings (SSSR count). The van der Waals surface area contributed by atoms with E-state index in [0.29, 0.717) is 6.07 Å². The summed E-state index contributed by atoms with van der Waals surface area (Å²) in [7, 11) is 1.35. The predicted molar refractivity (Wildman–Crippen MR) is 55.6 cm³/mol. The van der Waals surface area contributed by atoms with Gasteiger partial charge in [0, 0.05) is 13.1 Å². The molecular formula is C9H9F2N3O3. The first-order valence-corrected chi connectivity index (χ1v) is 4.54. The van der Waals surface area contributed by atoms with E-state index in [4.69, 9.17) is 0 Å². The Kier molecular flexibility index (Phi) is 3.91. The van der Waals surface area contributed by atoms with Gasteiger partial charge in [-0.15, -0.1) is 0 Å². The zero-order chi connectivity index (χ0) is 13.0. The fourth-order valence-corrected chi connectivity index (χ4v) is 1.12. The molecule has 1 amide bonds. The van der Waals surface area contributed by atoms with Crippen LogP contribution in [0.5, 0.6) is 0 Å². The van der Waals surface area contributed by atoms with E-state index >= 15 is 0 Å². The van der Waals surface area contributed by atoms with Gasteiger partial charge in [0.15, 0.2) is 17.3 Å². The first-order chi connectivity index (χ1) is 7.97. The van der Waals surface area contributed by atoms with Crippen molar-refractivity contribution in [3.8, 4) is 0 Å². The van der Waals surface area contributed by atoms with Crippen LogP contribution in [0.25, 0.3) is 0 Å². The molecule has 2 N–H and O–H groups in total. The molecule has 0 saturated heterocycles. The van der Waals surface area contributed by atoms with Gasteiger partial charge in [-0.2, -0.15) is 0 Å². The molecule has 8 heteroatoms. The van der Waals surface area contributed by atoms with E-state index in [1.165, 1.54) is 7.05 Å². The number of halogens is 2. The van der Waals surface area contributed by atoms with Crippen LogP contribution in [0, 0.1) is 21.7 Å². The van der Waals surface area contributed by atoms with Gasteiger partial charge in [-0.05, 0) is 6.07 Å². The quantitative estimate of drug-likeness (QED) is 0.613. The molecule has 1 aromatic rings. The third-order valence-electron chi connectivity index (χ3n) is 1.97. The van der Waals surface area contributed by atoms with Gasteiger partial charge in [-0.25, -0.2) is 8.78 Å².